The minimum absolute atomic E-state index is 0.149. The number of aryl methyl sites for hydroxylation is 1. The second kappa shape index (κ2) is 11.5. The molecule has 1 aromatic carbocycles. The molecule has 220 valence electrons. The normalized spacial score (nSPS) is 15.9. The highest BCUT2D eigenvalue weighted by molar-refractivity contribution is 7.90. The quantitative estimate of drug-likeness (QED) is 0.326. The Morgan fingerprint density at radius 1 is 1.10 bits per heavy atom. The van der Waals surface area contributed by atoms with Crippen LogP contribution in [0.25, 0.3) is 21.5 Å². The molecule has 5 heterocycles. The van der Waals surface area contributed by atoms with E-state index >= 15 is 0 Å². The van der Waals surface area contributed by atoms with Gasteiger partial charge in [-0.25, -0.2) is 13.4 Å². The molecule has 0 spiro atoms. The highest BCUT2D eigenvalue weighted by atomic mass is 32.2. The van der Waals surface area contributed by atoms with Crippen LogP contribution in [0.4, 0.5) is 17.3 Å². The standard InChI is InChI=1S/C29H33N7O4S2/c1-19-13-21(5-6-24(19)34-11-7-30-8-12-34)32-29-31-16-20-14-23(25-15-22(18-41-25)42(2,39)40)28(38)36(27(20)33-29)17-26(37)35-9-3-4-10-35/h5-6,13-16,18,30H,3-4,7-12,17H2,1-2H3,(H,31,32,33). The molecule has 2 saturated heterocycles. The summed E-state index contributed by atoms with van der Waals surface area (Å²) in [6, 6.07) is 9.29. The van der Waals surface area contributed by atoms with Crippen LogP contribution < -0.4 is 21.1 Å². The van der Waals surface area contributed by atoms with E-state index in [2.05, 4.69) is 33.5 Å². The predicted molar refractivity (Wildman–Crippen MR) is 166 cm³/mol. The number of carbonyl (C=O) groups is 1. The van der Waals surface area contributed by atoms with Crippen molar-refractivity contribution in [3.8, 4) is 10.4 Å². The number of pyridine rings is 1. The molecule has 2 fully saturated rings. The fraction of sp³-hybridized carbons (Fsp3) is 0.379. The number of hydrogen-bond donors (Lipinski definition) is 2. The Bertz CT molecular complexity index is 1820. The summed E-state index contributed by atoms with van der Waals surface area (Å²) in [7, 11) is -3.43. The highest BCUT2D eigenvalue weighted by Gasteiger charge is 2.23. The molecular weight excluding hydrogens is 574 g/mol. The molecular formula is C29H33N7O4S2. The van der Waals surface area contributed by atoms with E-state index in [0.29, 0.717) is 40.5 Å². The molecule has 0 saturated carbocycles. The van der Waals surface area contributed by atoms with Crippen molar-refractivity contribution in [3.05, 3.63) is 57.8 Å². The molecule has 1 amide bonds. The Morgan fingerprint density at radius 3 is 2.55 bits per heavy atom. The topological polar surface area (TPSA) is 130 Å². The number of amides is 1. The van der Waals surface area contributed by atoms with Gasteiger partial charge >= 0.3 is 0 Å². The SMILES string of the molecule is Cc1cc(Nc2ncc3cc(-c4cc(S(C)(=O)=O)cs4)c(=O)n(CC(=O)N4CCCC4)c3n2)ccc1N1CCNCC1. The van der Waals surface area contributed by atoms with Crippen molar-refractivity contribution >= 4 is 55.4 Å². The Balaban J connectivity index is 1.37. The van der Waals surface area contributed by atoms with E-state index in [0.717, 1.165) is 56.5 Å². The number of hydrogen-bond acceptors (Lipinski definition) is 10. The zero-order valence-electron chi connectivity index (χ0n) is 23.6. The van der Waals surface area contributed by atoms with Crippen LogP contribution in [0.1, 0.15) is 18.4 Å². The summed E-state index contributed by atoms with van der Waals surface area (Å²) in [4.78, 5) is 41.0. The van der Waals surface area contributed by atoms with E-state index in [1.54, 1.807) is 17.2 Å². The van der Waals surface area contributed by atoms with E-state index in [1.165, 1.54) is 33.0 Å². The molecule has 3 aromatic heterocycles. The van der Waals surface area contributed by atoms with E-state index in [9.17, 15) is 18.0 Å². The van der Waals surface area contributed by atoms with Crippen LogP contribution in [0, 0.1) is 6.92 Å². The fourth-order valence-electron chi connectivity index (χ4n) is 5.52. The summed E-state index contributed by atoms with van der Waals surface area (Å²) in [5.74, 6) is 0.158. The molecule has 2 N–H and O–H groups in total. The Kier molecular flexibility index (Phi) is 7.73. The zero-order chi connectivity index (χ0) is 29.4. The maximum Gasteiger partial charge on any atom is 0.261 e. The average Bonchev–Trinajstić information content (AvgIpc) is 3.68. The summed E-state index contributed by atoms with van der Waals surface area (Å²) in [6.07, 6.45) is 4.63. The first kappa shape index (κ1) is 28.3. The third kappa shape index (κ3) is 5.76. The molecule has 0 bridgehead atoms. The van der Waals surface area contributed by atoms with Gasteiger partial charge in [0.25, 0.3) is 5.56 Å². The van der Waals surface area contributed by atoms with Crippen LogP contribution in [0.5, 0.6) is 0 Å². The van der Waals surface area contributed by atoms with Gasteiger partial charge in [0, 0.05) is 78.7 Å². The Hall–Kier alpha value is -3.81. The number of aromatic nitrogens is 3. The molecule has 2 aliphatic heterocycles. The number of anilines is 3. The van der Waals surface area contributed by atoms with Gasteiger partial charge in [-0.2, -0.15) is 4.98 Å². The molecule has 0 aliphatic carbocycles. The molecule has 0 atom stereocenters. The molecule has 13 heteroatoms. The van der Waals surface area contributed by atoms with Gasteiger partial charge in [0.1, 0.15) is 12.2 Å². The number of fused-ring (bicyclic) bond motifs is 1. The van der Waals surface area contributed by atoms with Crippen LogP contribution in [0.15, 0.2) is 51.6 Å². The first-order valence-electron chi connectivity index (χ1n) is 14.0. The van der Waals surface area contributed by atoms with Gasteiger partial charge in [-0.05, 0) is 55.7 Å². The van der Waals surface area contributed by atoms with Crippen LogP contribution in [-0.4, -0.2) is 79.3 Å². The van der Waals surface area contributed by atoms with Gasteiger partial charge in [0.15, 0.2) is 9.84 Å². The molecule has 42 heavy (non-hydrogen) atoms. The maximum atomic E-state index is 13.9. The first-order valence-corrected chi connectivity index (χ1v) is 16.8. The number of thiophene rings is 1. The van der Waals surface area contributed by atoms with Gasteiger partial charge in [0.2, 0.25) is 11.9 Å². The number of sulfone groups is 1. The van der Waals surface area contributed by atoms with Crippen LogP contribution >= 0.6 is 11.3 Å². The Morgan fingerprint density at radius 2 is 1.86 bits per heavy atom. The molecule has 0 unspecified atom stereocenters. The van der Waals surface area contributed by atoms with Crippen molar-refractivity contribution in [1.29, 1.82) is 0 Å². The molecule has 2 aliphatic rings. The molecule has 0 radical (unpaired) electrons. The second-order valence-corrected chi connectivity index (χ2v) is 13.7. The average molecular weight is 608 g/mol. The van der Waals surface area contributed by atoms with Crippen LogP contribution in [-0.2, 0) is 21.2 Å². The lowest BCUT2D eigenvalue weighted by atomic mass is 10.1. The third-order valence-corrected chi connectivity index (χ3v) is 9.96. The lowest BCUT2D eigenvalue weighted by molar-refractivity contribution is -0.130. The van der Waals surface area contributed by atoms with Crippen molar-refractivity contribution in [3.63, 3.8) is 0 Å². The molecule has 6 rings (SSSR count). The lowest BCUT2D eigenvalue weighted by Gasteiger charge is -2.30. The minimum atomic E-state index is -3.43. The summed E-state index contributed by atoms with van der Waals surface area (Å²) >= 11 is 1.17. The minimum Gasteiger partial charge on any atom is -0.369 e. The fourth-order valence-corrected chi connectivity index (χ4v) is 7.55. The second-order valence-electron chi connectivity index (χ2n) is 10.8. The summed E-state index contributed by atoms with van der Waals surface area (Å²) in [6.45, 7) is 7.07. The van der Waals surface area contributed by atoms with Crippen molar-refractivity contribution in [2.45, 2.75) is 31.2 Å². The number of rotatable bonds is 7. The molecule has 11 nitrogen and oxygen atoms in total. The van der Waals surface area contributed by atoms with Crippen molar-refractivity contribution in [2.24, 2.45) is 0 Å². The van der Waals surface area contributed by atoms with Crippen molar-refractivity contribution < 1.29 is 13.2 Å². The summed E-state index contributed by atoms with van der Waals surface area (Å²) in [5.41, 5.74) is 3.37. The van der Waals surface area contributed by atoms with E-state index in [-0.39, 0.29) is 17.3 Å². The van der Waals surface area contributed by atoms with Crippen LogP contribution in [0.2, 0.25) is 0 Å². The number of carbonyl (C=O) groups excluding carboxylic acids is 1. The maximum absolute atomic E-state index is 13.9. The lowest BCUT2D eigenvalue weighted by Crippen LogP contribution is -2.43. The van der Waals surface area contributed by atoms with E-state index in [1.807, 2.05) is 12.1 Å². The summed E-state index contributed by atoms with van der Waals surface area (Å²) in [5, 5.41) is 8.73. The molecule has 4 aromatic rings. The van der Waals surface area contributed by atoms with E-state index in [4.69, 9.17) is 4.98 Å². The van der Waals surface area contributed by atoms with E-state index < -0.39 is 15.4 Å². The smallest absolute Gasteiger partial charge is 0.261 e. The van der Waals surface area contributed by atoms with Crippen LogP contribution in [0.3, 0.4) is 0 Å². The summed E-state index contributed by atoms with van der Waals surface area (Å²) < 4.78 is 25.6. The number of benzene rings is 1. The van der Waals surface area contributed by atoms with Gasteiger partial charge in [-0.15, -0.1) is 11.3 Å². The Labute approximate surface area is 248 Å². The van der Waals surface area contributed by atoms with Crippen molar-refractivity contribution in [2.75, 3.05) is 55.7 Å². The third-order valence-electron chi connectivity index (χ3n) is 7.76. The predicted octanol–water partition coefficient (Wildman–Crippen LogP) is 3.01. The highest BCUT2D eigenvalue weighted by Crippen LogP contribution is 2.30. The first-order chi connectivity index (χ1) is 20.2. The van der Waals surface area contributed by atoms with Gasteiger partial charge in [-0.1, -0.05) is 0 Å². The van der Waals surface area contributed by atoms with Crippen molar-refractivity contribution in [1.82, 2.24) is 24.8 Å². The monoisotopic (exact) mass is 607 g/mol. The largest absolute Gasteiger partial charge is 0.369 e. The number of likely N-dealkylation sites (tertiary alicyclic amines) is 1. The van der Waals surface area contributed by atoms with Gasteiger partial charge in [-0.3, -0.25) is 14.2 Å². The zero-order valence-corrected chi connectivity index (χ0v) is 25.2. The number of nitrogens with one attached hydrogen (secondary N) is 2. The van der Waals surface area contributed by atoms with Gasteiger partial charge < -0.3 is 20.4 Å². The number of nitrogens with zero attached hydrogens (tertiary/aromatic N) is 5. The van der Waals surface area contributed by atoms with Gasteiger partial charge in [0.05, 0.1) is 10.5 Å². The number of piperazine rings is 1.